The highest BCUT2D eigenvalue weighted by atomic mass is 35.5. The van der Waals surface area contributed by atoms with Crippen molar-refractivity contribution in [2.24, 2.45) is 0 Å². The molecule has 2 amide bonds. The van der Waals surface area contributed by atoms with Crippen LogP contribution < -0.4 is 10.2 Å². The van der Waals surface area contributed by atoms with Crippen LogP contribution in [0.2, 0.25) is 5.02 Å². The van der Waals surface area contributed by atoms with E-state index in [9.17, 15) is 9.59 Å². The number of halogens is 1. The van der Waals surface area contributed by atoms with Gasteiger partial charge in [-0.25, -0.2) is 0 Å². The Bertz CT molecular complexity index is 1100. The van der Waals surface area contributed by atoms with Crippen molar-refractivity contribution in [3.63, 3.8) is 0 Å². The largest absolute Gasteiger partial charge is 0.367 e. The van der Waals surface area contributed by atoms with Crippen molar-refractivity contribution in [2.45, 2.75) is 39.3 Å². The molecule has 2 aromatic rings. The summed E-state index contributed by atoms with van der Waals surface area (Å²) in [6, 6.07) is 13.8. The molecule has 2 aliphatic heterocycles. The molecular weight excluding hydrogens is 430 g/mol. The molecule has 2 aromatic carbocycles. The van der Waals surface area contributed by atoms with E-state index < -0.39 is 5.91 Å². The van der Waals surface area contributed by atoms with Crippen molar-refractivity contribution in [3.8, 4) is 0 Å². The summed E-state index contributed by atoms with van der Waals surface area (Å²) in [6.45, 7) is 5.54. The summed E-state index contributed by atoms with van der Waals surface area (Å²) in [4.78, 5) is 29.2. The maximum Gasteiger partial charge on any atom is 0.265 e. The Labute approximate surface area is 192 Å². The first kappa shape index (κ1) is 21.5. The molecule has 160 valence electrons. The third-order valence-electron chi connectivity index (χ3n) is 5.89. The molecule has 0 radical (unpaired) electrons. The monoisotopic (exact) mass is 453 g/mol. The first-order chi connectivity index (χ1) is 14.9. The van der Waals surface area contributed by atoms with Crippen LogP contribution in [0.5, 0.6) is 0 Å². The molecule has 1 atom stereocenters. The summed E-state index contributed by atoms with van der Waals surface area (Å²) in [5, 5.41) is 3.58. The van der Waals surface area contributed by atoms with Crippen LogP contribution in [-0.4, -0.2) is 34.4 Å². The molecule has 0 saturated carbocycles. The van der Waals surface area contributed by atoms with E-state index in [0.29, 0.717) is 0 Å². The number of thiocarbonyl (C=S) groups is 1. The molecule has 5 nitrogen and oxygen atoms in total. The van der Waals surface area contributed by atoms with E-state index >= 15 is 0 Å². The predicted molar refractivity (Wildman–Crippen MR) is 128 cm³/mol. The lowest BCUT2D eigenvalue weighted by Gasteiger charge is -2.33. The van der Waals surface area contributed by atoms with E-state index in [-0.39, 0.29) is 22.6 Å². The Morgan fingerprint density at radius 1 is 1.23 bits per heavy atom. The Morgan fingerprint density at radius 2 is 2.00 bits per heavy atom. The minimum atomic E-state index is -0.449. The van der Waals surface area contributed by atoms with Gasteiger partial charge in [0.1, 0.15) is 5.57 Å². The Kier molecular flexibility index (Phi) is 6.12. The molecule has 1 saturated heterocycles. The number of nitrogens with one attached hydrogen (secondary N) is 1. The molecule has 0 unspecified atom stereocenters. The van der Waals surface area contributed by atoms with Gasteiger partial charge in [0.05, 0.1) is 0 Å². The molecule has 7 heteroatoms. The summed E-state index contributed by atoms with van der Waals surface area (Å²) in [6.07, 6.45) is 3.31. The van der Waals surface area contributed by atoms with Crippen molar-refractivity contribution in [2.75, 3.05) is 11.4 Å². The van der Waals surface area contributed by atoms with Gasteiger partial charge >= 0.3 is 0 Å². The molecular formula is C24H24ClN3O2S. The number of carbonyl (C=O) groups is 2. The van der Waals surface area contributed by atoms with E-state index in [2.05, 4.69) is 16.3 Å². The number of anilines is 1. The molecule has 0 spiro atoms. The first-order valence-electron chi connectivity index (χ1n) is 10.4. The molecule has 4 rings (SSSR count). The fourth-order valence-electron chi connectivity index (χ4n) is 4.00. The summed E-state index contributed by atoms with van der Waals surface area (Å²) in [5.41, 5.74) is 4.38. The fraction of sp³-hybridized carbons (Fsp3) is 0.292. The number of amides is 2. The van der Waals surface area contributed by atoms with Gasteiger partial charge in [0.2, 0.25) is 0 Å². The number of rotatable bonds is 5. The lowest BCUT2D eigenvalue weighted by atomic mass is 10.0. The van der Waals surface area contributed by atoms with Crippen LogP contribution in [0, 0.1) is 0 Å². The van der Waals surface area contributed by atoms with Crippen LogP contribution in [0.15, 0.2) is 48.0 Å². The van der Waals surface area contributed by atoms with Crippen LogP contribution in [0.4, 0.5) is 5.69 Å². The molecule has 1 N–H and O–H groups in total. The summed E-state index contributed by atoms with van der Waals surface area (Å²) >= 11 is 11.5. The number of hydrogen-bond donors (Lipinski definition) is 1. The molecule has 1 fully saturated rings. The number of hydrogen-bond acceptors (Lipinski definition) is 4. The van der Waals surface area contributed by atoms with E-state index in [1.165, 1.54) is 10.5 Å². The van der Waals surface area contributed by atoms with E-state index in [1.807, 2.05) is 50.2 Å². The number of fused-ring (bicyclic) bond motifs is 1. The molecule has 0 aliphatic carbocycles. The van der Waals surface area contributed by atoms with Crippen LogP contribution in [0.1, 0.15) is 37.0 Å². The number of carbonyl (C=O) groups excluding carboxylic acids is 2. The first-order valence-corrected chi connectivity index (χ1v) is 11.2. The van der Waals surface area contributed by atoms with Gasteiger partial charge in [-0.15, -0.1) is 0 Å². The second-order valence-corrected chi connectivity index (χ2v) is 8.69. The smallest absolute Gasteiger partial charge is 0.265 e. The van der Waals surface area contributed by atoms with Gasteiger partial charge in [0.25, 0.3) is 11.8 Å². The van der Waals surface area contributed by atoms with Gasteiger partial charge in [-0.1, -0.05) is 42.8 Å². The zero-order chi connectivity index (χ0) is 22.1. The predicted octanol–water partition coefficient (Wildman–Crippen LogP) is 4.33. The van der Waals surface area contributed by atoms with Crippen molar-refractivity contribution in [3.05, 3.63) is 69.8 Å². The lowest BCUT2D eigenvalue weighted by molar-refractivity contribution is -0.130. The average molecular weight is 454 g/mol. The van der Waals surface area contributed by atoms with Crippen LogP contribution in [0.3, 0.4) is 0 Å². The van der Waals surface area contributed by atoms with Crippen LogP contribution >= 0.6 is 23.8 Å². The standard InChI is InChI=1S/C24H24ClN3O2S/c1-3-15(2)28-23(30)19(22(29)26-24(28)31)13-16-8-9-21-17(12-16)10-11-27(21)14-18-6-4-5-7-20(18)25/h4-9,12-13,15H,3,10-11,14H2,1-2H3,(H,26,29,31)/b19-13-/t15-/m1/s1. The van der Waals surface area contributed by atoms with Gasteiger partial charge in [-0.3, -0.25) is 19.8 Å². The average Bonchev–Trinajstić information content (AvgIpc) is 3.14. The van der Waals surface area contributed by atoms with Crippen LogP contribution in [-0.2, 0) is 22.6 Å². The van der Waals surface area contributed by atoms with Crippen LogP contribution in [0.25, 0.3) is 6.08 Å². The SMILES string of the molecule is CC[C@@H](C)N1C(=O)/C(=C\c2ccc3c(c2)CCN3Cc2ccccc2Cl)C(=O)NC1=S. The Morgan fingerprint density at radius 3 is 2.74 bits per heavy atom. The number of benzene rings is 2. The maximum absolute atomic E-state index is 13.0. The molecule has 31 heavy (non-hydrogen) atoms. The van der Waals surface area contributed by atoms with Gasteiger partial charge in [-0.2, -0.15) is 0 Å². The van der Waals surface area contributed by atoms with Crippen molar-refractivity contribution >= 4 is 52.5 Å². The van der Waals surface area contributed by atoms with Gasteiger partial charge < -0.3 is 4.90 Å². The summed E-state index contributed by atoms with van der Waals surface area (Å²) < 4.78 is 0. The second-order valence-electron chi connectivity index (χ2n) is 7.90. The van der Waals surface area contributed by atoms with Crippen molar-refractivity contribution in [1.29, 1.82) is 0 Å². The Balaban J connectivity index is 1.59. The van der Waals surface area contributed by atoms with Gasteiger partial charge in [0.15, 0.2) is 5.11 Å². The third-order valence-corrected chi connectivity index (χ3v) is 6.56. The molecule has 0 bridgehead atoms. The quantitative estimate of drug-likeness (QED) is 0.416. The highest BCUT2D eigenvalue weighted by molar-refractivity contribution is 7.80. The fourth-order valence-corrected chi connectivity index (χ4v) is 4.55. The van der Waals surface area contributed by atoms with Crippen molar-refractivity contribution < 1.29 is 9.59 Å². The van der Waals surface area contributed by atoms with E-state index in [4.69, 9.17) is 23.8 Å². The van der Waals surface area contributed by atoms with E-state index in [0.717, 1.165) is 47.8 Å². The van der Waals surface area contributed by atoms with Gasteiger partial charge in [0, 0.05) is 29.8 Å². The number of nitrogens with zero attached hydrogens (tertiary/aromatic N) is 2. The molecule has 0 aromatic heterocycles. The zero-order valence-electron chi connectivity index (χ0n) is 17.5. The second kappa shape index (κ2) is 8.81. The highest BCUT2D eigenvalue weighted by Gasteiger charge is 2.35. The zero-order valence-corrected chi connectivity index (χ0v) is 19.1. The lowest BCUT2D eigenvalue weighted by Crippen LogP contribution is -2.56. The summed E-state index contributed by atoms with van der Waals surface area (Å²) in [7, 11) is 0. The van der Waals surface area contributed by atoms with Crippen molar-refractivity contribution in [1.82, 2.24) is 10.2 Å². The topological polar surface area (TPSA) is 52.7 Å². The maximum atomic E-state index is 13.0. The highest BCUT2D eigenvalue weighted by Crippen LogP contribution is 2.32. The molecule has 2 aliphatic rings. The third kappa shape index (κ3) is 4.23. The Hall–Kier alpha value is -2.70. The minimum Gasteiger partial charge on any atom is -0.367 e. The van der Waals surface area contributed by atoms with E-state index in [1.54, 1.807) is 6.08 Å². The normalized spacial score (nSPS) is 18.4. The summed E-state index contributed by atoms with van der Waals surface area (Å²) in [5.74, 6) is -0.792. The van der Waals surface area contributed by atoms with Gasteiger partial charge in [-0.05, 0) is 72.9 Å². The molecule has 2 heterocycles. The minimum absolute atomic E-state index is 0.0811.